The van der Waals surface area contributed by atoms with E-state index in [1.165, 1.54) is 6.20 Å². The average molecular weight is 226 g/mol. The predicted octanol–water partition coefficient (Wildman–Crippen LogP) is 0.128. The van der Waals surface area contributed by atoms with Gasteiger partial charge in [-0.1, -0.05) is 19.1 Å². The molecule has 6 heteroatoms. The molecule has 0 spiro atoms. The maximum Gasteiger partial charge on any atom is 0.290 e. The molecule has 0 amide bonds. The lowest BCUT2D eigenvalue weighted by molar-refractivity contribution is 0.731. The average Bonchev–Trinajstić information content (AvgIpc) is 2.18. The van der Waals surface area contributed by atoms with Crippen LogP contribution in [0.15, 0.2) is 17.2 Å². The molecule has 1 rings (SSSR count). The van der Waals surface area contributed by atoms with Crippen molar-refractivity contribution >= 4 is 23.0 Å². The van der Waals surface area contributed by atoms with Gasteiger partial charge in [0.15, 0.2) is 5.82 Å². The lowest BCUT2D eigenvalue weighted by Crippen LogP contribution is -2.34. The van der Waals surface area contributed by atoms with E-state index in [2.05, 4.69) is 9.97 Å². The number of aromatic nitrogens is 2. The standard InChI is InChI=1S/C9H14N4OS/c1-6(7(10)15)5-13(2)8-9(14)12-4-3-11-8/h3-4,6H,5H2,1-2H3,(H2,10,15)(H,12,14). The maximum absolute atomic E-state index is 11.4. The molecule has 0 saturated heterocycles. The Morgan fingerprint density at radius 1 is 1.80 bits per heavy atom. The van der Waals surface area contributed by atoms with E-state index in [1.807, 2.05) is 6.92 Å². The molecule has 1 aromatic rings. The molecule has 0 saturated carbocycles. The smallest absolute Gasteiger partial charge is 0.290 e. The van der Waals surface area contributed by atoms with Crippen LogP contribution < -0.4 is 16.2 Å². The number of rotatable bonds is 4. The highest BCUT2D eigenvalue weighted by Gasteiger charge is 2.12. The fourth-order valence-electron chi connectivity index (χ4n) is 1.20. The third-order valence-corrected chi connectivity index (χ3v) is 2.49. The summed E-state index contributed by atoms with van der Waals surface area (Å²) in [5.74, 6) is 0.423. The highest BCUT2D eigenvalue weighted by atomic mass is 32.1. The Labute approximate surface area is 93.3 Å². The third kappa shape index (κ3) is 3.02. The van der Waals surface area contributed by atoms with Crippen molar-refractivity contribution in [2.45, 2.75) is 6.92 Å². The Hall–Kier alpha value is -1.43. The van der Waals surface area contributed by atoms with E-state index in [9.17, 15) is 4.79 Å². The second-order valence-electron chi connectivity index (χ2n) is 3.43. The van der Waals surface area contributed by atoms with E-state index in [-0.39, 0.29) is 11.5 Å². The first-order chi connectivity index (χ1) is 7.02. The van der Waals surface area contributed by atoms with Crippen LogP contribution in [0.3, 0.4) is 0 Å². The minimum absolute atomic E-state index is 0.0476. The summed E-state index contributed by atoms with van der Waals surface area (Å²) in [6.07, 6.45) is 3.04. The van der Waals surface area contributed by atoms with Crippen molar-refractivity contribution in [1.82, 2.24) is 9.97 Å². The van der Waals surface area contributed by atoms with Crippen LogP contribution in [0.5, 0.6) is 0 Å². The zero-order chi connectivity index (χ0) is 11.4. The molecule has 15 heavy (non-hydrogen) atoms. The molecule has 5 nitrogen and oxygen atoms in total. The molecule has 0 fully saturated rings. The first-order valence-corrected chi connectivity index (χ1v) is 4.97. The second kappa shape index (κ2) is 4.88. The number of hydrogen-bond acceptors (Lipinski definition) is 4. The molecule has 0 bridgehead atoms. The molecular formula is C9H14N4OS. The number of nitrogens with one attached hydrogen (secondary N) is 1. The topological polar surface area (TPSA) is 75.0 Å². The van der Waals surface area contributed by atoms with Crippen molar-refractivity contribution < 1.29 is 0 Å². The monoisotopic (exact) mass is 226 g/mol. The van der Waals surface area contributed by atoms with Gasteiger partial charge >= 0.3 is 0 Å². The summed E-state index contributed by atoms with van der Waals surface area (Å²) in [7, 11) is 1.78. The molecule has 3 N–H and O–H groups in total. The van der Waals surface area contributed by atoms with Gasteiger partial charge in [-0.25, -0.2) is 4.98 Å². The quantitative estimate of drug-likeness (QED) is 0.714. The second-order valence-corrected chi connectivity index (χ2v) is 3.90. The number of hydrogen-bond donors (Lipinski definition) is 2. The summed E-state index contributed by atoms with van der Waals surface area (Å²) in [4.78, 5) is 20.1. The number of nitrogens with zero attached hydrogens (tertiary/aromatic N) is 2. The van der Waals surface area contributed by atoms with Gasteiger partial charge in [-0.2, -0.15) is 0 Å². The first-order valence-electron chi connectivity index (χ1n) is 4.56. The van der Waals surface area contributed by atoms with Crippen LogP contribution in [0.25, 0.3) is 0 Å². The van der Waals surface area contributed by atoms with Crippen LogP contribution in [-0.2, 0) is 0 Å². The van der Waals surface area contributed by atoms with Crippen molar-refractivity contribution in [1.29, 1.82) is 0 Å². The van der Waals surface area contributed by atoms with Gasteiger partial charge in [-0.15, -0.1) is 0 Å². The minimum Gasteiger partial charge on any atom is -0.393 e. The minimum atomic E-state index is -0.213. The Morgan fingerprint density at radius 2 is 2.47 bits per heavy atom. The van der Waals surface area contributed by atoms with Gasteiger partial charge < -0.3 is 15.6 Å². The van der Waals surface area contributed by atoms with E-state index >= 15 is 0 Å². The van der Waals surface area contributed by atoms with E-state index in [0.29, 0.717) is 17.4 Å². The Morgan fingerprint density at radius 3 is 3.00 bits per heavy atom. The van der Waals surface area contributed by atoms with Gasteiger partial charge in [-0.3, -0.25) is 4.79 Å². The molecule has 0 radical (unpaired) electrons. The van der Waals surface area contributed by atoms with Gasteiger partial charge in [0.05, 0.1) is 4.99 Å². The summed E-state index contributed by atoms with van der Waals surface area (Å²) < 4.78 is 0. The lowest BCUT2D eigenvalue weighted by atomic mass is 10.2. The fourth-order valence-corrected chi connectivity index (χ4v) is 1.28. The van der Waals surface area contributed by atoms with Crippen LogP contribution in [0, 0.1) is 5.92 Å². The van der Waals surface area contributed by atoms with E-state index in [4.69, 9.17) is 18.0 Å². The van der Waals surface area contributed by atoms with Gasteiger partial charge in [0.2, 0.25) is 0 Å². The SMILES string of the molecule is CC(CN(C)c1ncc[nH]c1=O)C(N)=S. The van der Waals surface area contributed by atoms with Gasteiger partial charge in [0.1, 0.15) is 0 Å². The number of nitrogens with two attached hydrogens (primary N) is 1. The van der Waals surface area contributed by atoms with Crippen LogP contribution >= 0.6 is 12.2 Å². The van der Waals surface area contributed by atoms with Crippen LogP contribution in [0.4, 0.5) is 5.82 Å². The Balaban J connectivity index is 2.78. The zero-order valence-corrected chi connectivity index (χ0v) is 9.54. The first kappa shape index (κ1) is 11.6. The fraction of sp³-hybridized carbons (Fsp3) is 0.444. The lowest BCUT2D eigenvalue weighted by Gasteiger charge is -2.20. The van der Waals surface area contributed by atoms with Crippen molar-refractivity contribution in [3.63, 3.8) is 0 Å². The summed E-state index contributed by atoms with van der Waals surface area (Å²) >= 11 is 4.86. The summed E-state index contributed by atoms with van der Waals surface area (Å²) in [6, 6.07) is 0. The number of thiocarbonyl (C=S) groups is 1. The Kier molecular flexibility index (Phi) is 3.79. The summed E-state index contributed by atoms with van der Waals surface area (Å²) in [5, 5.41) is 0. The van der Waals surface area contributed by atoms with Crippen LogP contribution in [0.2, 0.25) is 0 Å². The van der Waals surface area contributed by atoms with Crippen molar-refractivity contribution in [2.24, 2.45) is 11.7 Å². The van der Waals surface area contributed by atoms with E-state index in [0.717, 1.165) is 0 Å². The number of aromatic amines is 1. The van der Waals surface area contributed by atoms with Crippen LogP contribution in [0.1, 0.15) is 6.92 Å². The normalized spacial score (nSPS) is 12.1. The van der Waals surface area contributed by atoms with Crippen molar-refractivity contribution in [2.75, 3.05) is 18.5 Å². The van der Waals surface area contributed by atoms with E-state index in [1.54, 1.807) is 18.1 Å². The van der Waals surface area contributed by atoms with Gasteiger partial charge in [0, 0.05) is 31.9 Å². The molecule has 1 atom stereocenters. The van der Waals surface area contributed by atoms with E-state index < -0.39 is 0 Å². The molecule has 0 aliphatic rings. The number of anilines is 1. The molecule has 0 aliphatic carbocycles. The third-order valence-electron chi connectivity index (χ3n) is 2.08. The molecular weight excluding hydrogens is 212 g/mol. The molecule has 0 aliphatic heterocycles. The number of H-pyrrole nitrogens is 1. The molecule has 1 unspecified atom stereocenters. The zero-order valence-electron chi connectivity index (χ0n) is 8.73. The van der Waals surface area contributed by atoms with Crippen LogP contribution in [-0.4, -0.2) is 28.5 Å². The summed E-state index contributed by atoms with van der Waals surface area (Å²) in [6.45, 7) is 2.49. The molecule has 1 aromatic heterocycles. The molecule has 0 aromatic carbocycles. The highest BCUT2D eigenvalue weighted by Crippen LogP contribution is 2.04. The van der Waals surface area contributed by atoms with Crippen molar-refractivity contribution in [3.8, 4) is 0 Å². The Bertz CT molecular complexity index is 403. The largest absolute Gasteiger partial charge is 0.393 e. The summed E-state index contributed by atoms with van der Waals surface area (Å²) in [5.41, 5.74) is 5.29. The molecule has 82 valence electrons. The van der Waals surface area contributed by atoms with Gasteiger partial charge in [0.25, 0.3) is 5.56 Å². The maximum atomic E-state index is 11.4. The van der Waals surface area contributed by atoms with Gasteiger partial charge in [-0.05, 0) is 0 Å². The molecule has 1 heterocycles. The highest BCUT2D eigenvalue weighted by molar-refractivity contribution is 7.80. The van der Waals surface area contributed by atoms with Crippen molar-refractivity contribution in [3.05, 3.63) is 22.7 Å². The predicted molar refractivity (Wildman–Crippen MR) is 64.1 cm³/mol.